The largest absolute Gasteiger partial charge is 0.497 e. The Kier molecular flexibility index (Phi) is 7.03. The summed E-state index contributed by atoms with van der Waals surface area (Å²) in [7, 11) is 3.14. The highest BCUT2D eigenvalue weighted by molar-refractivity contribution is 9.10. The summed E-state index contributed by atoms with van der Waals surface area (Å²) < 4.78 is 16.7. The van der Waals surface area contributed by atoms with Crippen LogP contribution >= 0.6 is 15.9 Å². The van der Waals surface area contributed by atoms with Crippen molar-refractivity contribution >= 4 is 33.8 Å². The van der Waals surface area contributed by atoms with Gasteiger partial charge in [0.2, 0.25) is 0 Å². The first-order valence-corrected chi connectivity index (χ1v) is 9.81. The predicted molar refractivity (Wildman–Crippen MR) is 118 cm³/mol. The van der Waals surface area contributed by atoms with Gasteiger partial charge in [0, 0.05) is 15.6 Å². The number of halogens is 1. The topological polar surface area (TPSA) is 61.8 Å². The average Bonchev–Trinajstić information content (AvgIpc) is 2.78. The summed E-state index contributed by atoms with van der Waals surface area (Å²) >= 11 is 3.32. The van der Waals surface area contributed by atoms with Crippen molar-refractivity contribution in [2.45, 2.75) is 0 Å². The molecule has 0 saturated heterocycles. The first kappa shape index (κ1) is 21.3. The van der Waals surface area contributed by atoms with Crippen molar-refractivity contribution < 1.29 is 23.8 Å². The van der Waals surface area contributed by atoms with Crippen LogP contribution in [0.4, 0.5) is 0 Å². The zero-order valence-corrected chi connectivity index (χ0v) is 18.0. The van der Waals surface area contributed by atoms with Crippen LogP contribution in [-0.4, -0.2) is 26.0 Å². The molecule has 0 bridgehead atoms. The predicted octanol–water partition coefficient (Wildman–Crippen LogP) is 5.58. The number of ether oxygens (including phenoxy) is 3. The maximum Gasteiger partial charge on any atom is 0.343 e. The minimum atomic E-state index is -0.466. The second-order valence-electron chi connectivity index (χ2n) is 6.23. The fourth-order valence-electron chi connectivity index (χ4n) is 2.67. The molecule has 0 aromatic heterocycles. The minimum Gasteiger partial charge on any atom is -0.497 e. The van der Waals surface area contributed by atoms with Gasteiger partial charge in [-0.15, -0.1) is 0 Å². The van der Waals surface area contributed by atoms with E-state index in [1.54, 1.807) is 87.0 Å². The Labute approximate surface area is 183 Å². The maximum atomic E-state index is 12.5. The van der Waals surface area contributed by atoms with Gasteiger partial charge in [-0.25, -0.2) is 4.79 Å². The number of esters is 1. The SMILES string of the molecule is COc1ccc(OC)c(C=CC(=O)c2ccc(OC(=O)c3ccc(Br)cc3)cc2)c1. The number of carbonyl (C=O) groups is 2. The Morgan fingerprint density at radius 2 is 1.43 bits per heavy atom. The van der Waals surface area contributed by atoms with Crippen molar-refractivity contribution in [3.63, 3.8) is 0 Å². The van der Waals surface area contributed by atoms with E-state index in [2.05, 4.69) is 15.9 Å². The van der Waals surface area contributed by atoms with Crippen LogP contribution in [0.5, 0.6) is 17.2 Å². The van der Waals surface area contributed by atoms with E-state index < -0.39 is 5.97 Å². The molecule has 0 unspecified atom stereocenters. The number of hydrogen-bond donors (Lipinski definition) is 0. The van der Waals surface area contributed by atoms with Crippen molar-refractivity contribution in [3.05, 3.63) is 94.0 Å². The molecule has 3 aromatic rings. The zero-order chi connectivity index (χ0) is 21.5. The van der Waals surface area contributed by atoms with Crippen molar-refractivity contribution in [1.82, 2.24) is 0 Å². The third-order valence-corrected chi connectivity index (χ3v) is 4.81. The number of hydrogen-bond acceptors (Lipinski definition) is 5. The van der Waals surface area contributed by atoms with E-state index in [1.807, 2.05) is 0 Å². The Balaban J connectivity index is 1.68. The van der Waals surface area contributed by atoms with Crippen molar-refractivity contribution in [3.8, 4) is 17.2 Å². The first-order chi connectivity index (χ1) is 14.5. The second kappa shape index (κ2) is 9.89. The van der Waals surface area contributed by atoms with Crippen molar-refractivity contribution in [2.24, 2.45) is 0 Å². The van der Waals surface area contributed by atoms with Crippen molar-refractivity contribution in [2.75, 3.05) is 14.2 Å². The third-order valence-electron chi connectivity index (χ3n) is 4.28. The van der Waals surface area contributed by atoms with Crippen molar-refractivity contribution in [1.29, 1.82) is 0 Å². The molecule has 5 nitrogen and oxygen atoms in total. The molecule has 152 valence electrons. The van der Waals surface area contributed by atoms with Gasteiger partial charge in [-0.2, -0.15) is 0 Å². The van der Waals surface area contributed by atoms with Gasteiger partial charge >= 0.3 is 5.97 Å². The van der Waals surface area contributed by atoms with Crippen LogP contribution in [0.2, 0.25) is 0 Å². The average molecular weight is 467 g/mol. The molecule has 30 heavy (non-hydrogen) atoms. The molecule has 0 heterocycles. The second-order valence-corrected chi connectivity index (χ2v) is 7.14. The lowest BCUT2D eigenvalue weighted by Crippen LogP contribution is -2.08. The van der Waals surface area contributed by atoms with E-state index in [0.717, 1.165) is 10.0 Å². The van der Waals surface area contributed by atoms with Gasteiger partial charge < -0.3 is 14.2 Å². The summed E-state index contributed by atoms with van der Waals surface area (Å²) in [5.74, 6) is 1.00. The van der Waals surface area contributed by atoms with Crippen LogP contribution in [0.1, 0.15) is 26.3 Å². The molecular formula is C24H19BrO5. The Morgan fingerprint density at radius 1 is 0.800 bits per heavy atom. The standard InChI is InChI=1S/C24H19BrO5/c1-28-21-12-14-23(29-2)18(15-21)7-13-22(26)16-5-10-20(11-6-16)30-24(27)17-3-8-19(25)9-4-17/h3-15H,1-2H3. The Hall–Kier alpha value is -3.38. The summed E-state index contributed by atoms with van der Waals surface area (Å²) in [4.78, 5) is 24.7. The monoisotopic (exact) mass is 466 g/mol. The molecule has 3 rings (SSSR count). The lowest BCUT2D eigenvalue weighted by molar-refractivity contribution is 0.0734. The fourth-order valence-corrected chi connectivity index (χ4v) is 2.93. The Morgan fingerprint density at radius 3 is 2.07 bits per heavy atom. The summed E-state index contributed by atoms with van der Waals surface area (Å²) in [5.41, 5.74) is 1.63. The van der Waals surface area contributed by atoms with E-state index >= 15 is 0 Å². The number of allylic oxidation sites excluding steroid dienone is 1. The molecule has 0 N–H and O–H groups in total. The van der Waals surface area contributed by atoms with Crippen LogP contribution in [0.3, 0.4) is 0 Å². The normalized spacial score (nSPS) is 10.6. The van der Waals surface area contributed by atoms with Crippen LogP contribution in [0.25, 0.3) is 6.08 Å². The van der Waals surface area contributed by atoms with Crippen LogP contribution in [-0.2, 0) is 0 Å². The highest BCUT2D eigenvalue weighted by Gasteiger charge is 2.10. The summed E-state index contributed by atoms with van der Waals surface area (Å²) in [5, 5.41) is 0. The van der Waals surface area contributed by atoms with E-state index in [-0.39, 0.29) is 5.78 Å². The molecule has 0 aliphatic carbocycles. The minimum absolute atomic E-state index is 0.189. The molecule has 0 aliphatic rings. The lowest BCUT2D eigenvalue weighted by atomic mass is 10.1. The number of carbonyl (C=O) groups excluding carboxylic acids is 2. The van der Waals surface area contributed by atoms with Gasteiger partial charge in [-0.3, -0.25) is 4.79 Å². The first-order valence-electron chi connectivity index (χ1n) is 9.02. The maximum absolute atomic E-state index is 12.5. The van der Waals surface area contributed by atoms with E-state index in [0.29, 0.717) is 28.4 Å². The smallest absolute Gasteiger partial charge is 0.343 e. The number of methoxy groups -OCH3 is 2. The lowest BCUT2D eigenvalue weighted by Gasteiger charge is -2.07. The molecular weight excluding hydrogens is 448 g/mol. The van der Waals surface area contributed by atoms with Crippen LogP contribution in [0, 0.1) is 0 Å². The van der Waals surface area contributed by atoms with Gasteiger partial charge in [0.05, 0.1) is 19.8 Å². The van der Waals surface area contributed by atoms with Crippen LogP contribution < -0.4 is 14.2 Å². The van der Waals surface area contributed by atoms with E-state index in [4.69, 9.17) is 14.2 Å². The van der Waals surface area contributed by atoms with Gasteiger partial charge in [-0.05, 0) is 78.9 Å². The molecule has 0 spiro atoms. The van der Waals surface area contributed by atoms with Gasteiger partial charge in [0.25, 0.3) is 0 Å². The van der Waals surface area contributed by atoms with Crippen LogP contribution in [0.15, 0.2) is 77.3 Å². The summed E-state index contributed by atoms with van der Waals surface area (Å²) in [6, 6.07) is 18.6. The fraction of sp³-hybridized carbons (Fsp3) is 0.0833. The van der Waals surface area contributed by atoms with Gasteiger partial charge in [0.15, 0.2) is 5.78 Å². The van der Waals surface area contributed by atoms with E-state index in [9.17, 15) is 9.59 Å². The summed E-state index contributed by atoms with van der Waals surface area (Å²) in [6.45, 7) is 0. The quantitative estimate of drug-likeness (QED) is 0.197. The van der Waals surface area contributed by atoms with E-state index in [1.165, 1.54) is 6.08 Å². The molecule has 0 aliphatic heterocycles. The van der Waals surface area contributed by atoms with Gasteiger partial charge in [0.1, 0.15) is 17.2 Å². The number of benzene rings is 3. The van der Waals surface area contributed by atoms with Gasteiger partial charge in [-0.1, -0.05) is 15.9 Å². The molecule has 3 aromatic carbocycles. The highest BCUT2D eigenvalue weighted by Crippen LogP contribution is 2.25. The molecule has 0 saturated carbocycles. The third kappa shape index (κ3) is 5.36. The molecule has 0 radical (unpaired) electrons. The number of ketones is 1. The number of rotatable bonds is 7. The molecule has 6 heteroatoms. The molecule has 0 amide bonds. The molecule has 0 fully saturated rings. The zero-order valence-electron chi connectivity index (χ0n) is 16.4. The highest BCUT2D eigenvalue weighted by atomic mass is 79.9. The molecule has 0 atom stereocenters. The summed E-state index contributed by atoms with van der Waals surface area (Å²) in [6.07, 6.45) is 3.13. The Bertz CT molecular complexity index is 1070.